The molecular formula is C13H20N2O3. The first-order valence-electron chi connectivity index (χ1n) is 5.84. The lowest BCUT2D eigenvalue weighted by Crippen LogP contribution is -2.29. The number of hydrogen-bond donors (Lipinski definition) is 2. The lowest BCUT2D eigenvalue weighted by atomic mass is 10.1. The molecule has 0 fully saturated rings. The van der Waals surface area contributed by atoms with Crippen molar-refractivity contribution in [1.82, 2.24) is 9.80 Å². The molecule has 0 radical (unpaired) electrons. The highest BCUT2D eigenvalue weighted by molar-refractivity contribution is 5.96. The Kier molecular flexibility index (Phi) is 4.97. The second-order valence-electron chi connectivity index (χ2n) is 4.58. The van der Waals surface area contributed by atoms with Crippen LogP contribution in [-0.4, -0.2) is 60.2 Å². The summed E-state index contributed by atoms with van der Waals surface area (Å²) in [5.74, 6) is -0.495. The summed E-state index contributed by atoms with van der Waals surface area (Å²) >= 11 is 0. The van der Waals surface area contributed by atoms with Gasteiger partial charge in [0, 0.05) is 19.7 Å². The van der Waals surface area contributed by atoms with Crippen molar-refractivity contribution in [1.29, 1.82) is 0 Å². The maximum Gasteiger partial charge on any atom is 0.257 e. The highest BCUT2D eigenvalue weighted by Gasteiger charge is 2.15. The average Bonchev–Trinajstić information content (AvgIpc) is 2.27. The zero-order chi connectivity index (χ0) is 13.7. The molecule has 5 heteroatoms. The van der Waals surface area contributed by atoms with Crippen molar-refractivity contribution in [3.63, 3.8) is 0 Å². The number of phenolic OH excluding ortho intramolecular Hbond substituents is 2. The molecule has 0 unspecified atom stereocenters. The number of nitrogens with zero attached hydrogens (tertiary/aromatic N) is 2. The second-order valence-corrected chi connectivity index (χ2v) is 4.58. The van der Waals surface area contributed by atoms with E-state index in [0.717, 1.165) is 13.0 Å². The Morgan fingerprint density at radius 1 is 1.17 bits per heavy atom. The maximum absolute atomic E-state index is 12.0. The summed E-state index contributed by atoms with van der Waals surface area (Å²) in [6.07, 6.45) is 0.869. The van der Waals surface area contributed by atoms with Crippen molar-refractivity contribution >= 4 is 5.91 Å². The normalized spacial score (nSPS) is 10.7. The van der Waals surface area contributed by atoms with Crippen LogP contribution in [0.3, 0.4) is 0 Å². The molecule has 100 valence electrons. The second kappa shape index (κ2) is 6.26. The molecule has 0 aliphatic carbocycles. The SMILES string of the molecule is CN(C)CCCN(C)C(=O)c1ccc(O)cc1O. The van der Waals surface area contributed by atoms with Crippen molar-refractivity contribution in [2.45, 2.75) is 6.42 Å². The van der Waals surface area contributed by atoms with E-state index in [9.17, 15) is 9.90 Å². The van der Waals surface area contributed by atoms with E-state index in [1.807, 2.05) is 14.1 Å². The smallest absolute Gasteiger partial charge is 0.257 e. The number of carbonyl (C=O) groups excluding carboxylic acids is 1. The van der Waals surface area contributed by atoms with E-state index in [1.165, 1.54) is 18.2 Å². The van der Waals surface area contributed by atoms with Crippen molar-refractivity contribution in [3.05, 3.63) is 23.8 Å². The summed E-state index contributed by atoms with van der Waals surface area (Å²) in [5.41, 5.74) is 0.208. The number of aromatic hydroxyl groups is 2. The molecule has 0 aliphatic heterocycles. The van der Waals surface area contributed by atoms with Crippen molar-refractivity contribution < 1.29 is 15.0 Å². The van der Waals surface area contributed by atoms with E-state index in [-0.39, 0.29) is 23.0 Å². The van der Waals surface area contributed by atoms with E-state index in [1.54, 1.807) is 11.9 Å². The third-order valence-corrected chi connectivity index (χ3v) is 2.66. The number of benzene rings is 1. The molecule has 0 aliphatic rings. The molecule has 5 nitrogen and oxygen atoms in total. The van der Waals surface area contributed by atoms with E-state index < -0.39 is 0 Å². The van der Waals surface area contributed by atoms with Gasteiger partial charge in [-0.05, 0) is 39.2 Å². The van der Waals surface area contributed by atoms with E-state index in [0.29, 0.717) is 6.54 Å². The van der Waals surface area contributed by atoms with E-state index in [4.69, 9.17) is 5.11 Å². The van der Waals surface area contributed by atoms with Crippen molar-refractivity contribution in [2.24, 2.45) is 0 Å². The first-order valence-corrected chi connectivity index (χ1v) is 5.84. The van der Waals surface area contributed by atoms with Crippen molar-refractivity contribution in [2.75, 3.05) is 34.2 Å². The summed E-state index contributed by atoms with van der Waals surface area (Å²) < 4.78 is 0. The maximum atomic E-state index is 12.0. The molecule has 18 heavy (non-hydrogen) atoms. The Bertz CT molecular complexity index is 419. The summed E-state index contributed by atoms with van der Waals surface area (Å²) in [5, 5.41) is 18.8. The summed E-state index contributed by atoms with van der Waals surface area (Å²) in [6.45, 7) is 1.52. The number of amides is 1. The van der Waals surface area contributed by atoms with Crippen LogP contribution in [0.15, 0.2) is 18.2 Å². The van der Waals surface area contributed by atoms with Gasteiger partial charge in [-0.1, -0.05) is 0 Å². The van der Waals surface area contributed by atoms with Crippen LogP contribution in [0.4, 0.5) is 0 Å². The number of rotatable bonds is 5. The standard InChI is InChI=1S/C13H20N2O3/c1-14(2)7-4-8-15(3)13(18)11-6-5-10(16)9-12(11)17/h5-6,9,16-17H,4,7-8H2,1-3H3. The Balaban J connectivity index is 2.63. The summed E-state index contributed by atoms with van der Waals surface area (Å²) in [7, 11) is 5.66. The fraction of sp³-hybridized carbons (Fsp3) is 0.462. The molecule has 1 amide bonds. The molecule has 1 aromatic carbocycles. The molecule has 0 saturated carbocycles. The molecular weight excluding hydrogens is 232 g/mol. The quantitative estimate of drug-likeness (QED) is 0.824. The van der Waals surface area contributed by atoms with Gasteiger partial charge in [0.15, 0.2) is 0 Å². The minimum Gasteiger partial charge on any atom is -0.508 e. The molecule has 0 saturated heterocycles. The van der Waals surface area contributed by atoms with Gasteiger partial charge in [0.1, 0.15) is 11.5 Å². The highest BCUT2D eigenvalue weighted by atomic mass is 16.3. The third kappa shape index (κ3) is 3.92. The first-order chi connectivity index (χ1) is 8.41. The molecule has 1 rings (SSSR count). The predicted molar refractivity (Wildman–Crippen MR) is 69.9 cm³/mol. The molecule has 0 atom stereocenters. The van der Waals surface area contributed by atoms with Gasteiger partial charge in [-0.15, -0.1) is 0 Å². The molecule has 0 spiro atoms. The van der Waals surface area contributed by atoms with Crippen LogP contribution < -0.4 is 0 Å². The minimum absolute atomic E-state index is 0.0562. The molecule has 0 bridgehead atoms. The van der Waals surface area contributed by atoms with Crippen LogP contribution in [0.25, 0.3) is 0 Å². The number of hydrogen-bond acceptors (Lipinski definition) is 4. The third-order valence-electron chi connectivity index (χ3n) is 2.66. The van der Waals surface area contributed by atoms with Crippen LogP contribution in [0.2, 0.25) is 0 Å². The van der Waals surface area contributed by atoms with Gasteiger partial charge in [0.25, 0.3) is 5.91 Å². The van der Waals surface area contributed by atoms with Gasteiger partial charge >= 0.3 is 0 Å². The van der Waals surface area contributed by atoms with Gasteiger partial charge in [-0.2, -0.15) is 0 Å². The van der Waals surface area contributed by atoms with Gasteiger partial charge in [0.05, 0.1) is 5.56 Å². The first kappa shape index (κ1) is 14.3. The monoisotopic (exact) mass is 252 g/mol. The highest BCUT2D eigenvalue weighted by Crippen LogP contribution is 2.23. The fourth-order valence-corrected chi connectivity index (χ4v) is 1.63. The van der Waals surface area contributed by atoms with E-state index >= 15 is 0 Å². The lowest BCUT2D eigenvalue weighted by Gasteiger charge is -2.19. The molecule has 2 N–H and O–H groups in total. The van der Waals surface area contributed by atoms with Gasteiger partial charge in [-0.25, -0.2) is 0 Å². The van der Waals surface area contributed by atoms with Gasteiger partial charge < -0.3 is 20.0 Å². The number of phenols is 2. The van der Waals surface area contributed by atoms with E-state index in [2.05, 4.69) is 4.90 Å². The van der Waals surface area contributed by atoms with Crippen LogP contribution in [0.1, 0.15) is 16.8 Å². The van der Waals surface area contributed by atoms with Crippen molar-refractivity contribution in [3.8, 4) is 11.5 Å². The molecule has 1 aromatic rings. The number of carbonyl (C=O) groups is 1. The zero-order valence-electron chi connectivity index (χ0n) is 11.1. The Hall–Kier alpha value is -1.75. The Morgan fingerprint density at radius 3 is 2.39 bits per heavy atom. The summed E-state index contributed by atoms with van der Waals surface area (Å²) in [6, 6.07) is 3.98. The molecule has 0 aromatic heterocycles. The molecule has 0 heterocycles. The van der Waals surface area contributed by atoms with Crippen LogP contribution >= 0.6 is 0 Å². The Labute approximate surface area is 107 Å². The van der Waals surface area contributed by atoms with Gasteiger partial charge in [0.2, 0.25) is 0 Å². The fourth-order valence-electron chi connectivity index (χ4n) is 1.63. The van der Waals surface area contributed by atoms with Crippen LogP contribution in [0.5, 0.6) is 11.5 Å². The van der Waals surface area contributed by atoms with Crippen LogP contribution in [0, 0.1) is 0 Å². The lowest BCUT2D eigenvalue weighted by molar-refractivity contribution is 0.0787. The topological polar surface area (TPSA) is 64.0 Å². The van der Waals surface area contributed by atoms with Gasteiger partial charge in [-0.3, -0.25) is 4.79 Å². The van der Waals surface area contributed by atoms with Crippen LogP contribution in [-0.2, 0) is 0 Å². The Morgan fingerprint density at radius 2 is 1.83 bits per heavy atom. The predicted octanol–water partition coefficient (Wildman–Crippen LogP) is 1.12. The minimum atomic E-state index is -0.244. The summed E-state index contributed by atoms with van der Waals surface area (Å²) in [4.78, 5) is 15.6. The largest absolute Gasteiger partial charge is 0.508 e. The zero-order valence-corrected chi connectivity index (χ0v) is 11.1. The average molecular weight is 252 g/mol.